The van der Waals surface area contributed by atoms with Gasteiger partial charge in [-0.3, -0.25) is 4.79 Å². The van der Waals surface area contributed by atoms with Crippen LogP contribution in [0, 0.1) is 11.3 Å². The van der Waals surface area contributed by atoms with E-state index in [2.05, 4.69) is 36.4 Å². The Morgan fingerprint density at radius 2 is 1.94 bits per heavy atom. The van der Waals surface area contributed by atoms with E-state index in [-0.39, 0.29) is 29.6 Å². The molecule has 0 saturated heterocycles. The number of anilines is 1. The number of nitrogens with zero attached hydrogens (tertiary/aromatic N) is 3. The van der Waals surface area contributed by atoms with Crippen LogP contribution >= 0.6 is 0 Å². The topological polar surface area (TPSA) is 127 Å². The highest BCUT2D eigenvalue weighted by atomic mass is 19.1. The molecule has 1 amide bonds. The molecule has 0 atom stereocenters. The Hall–Kier alpha value is -3.95. The van der Waals surface area contributed by atoms with Crippen LogP contribution in [0.1, 0.15) is 51.3 Å². The van der Waals surface area contributed by atoms with Gasteiger partial charge < -0.3 is 25.1 Å². The number of benzene rings is 2. The Morgan fingerprint density at radius 1 is 1.19 bits per heavy atom. The number of ether oxygens (including phenoxy) is 2. The summed E-state index contributed by atoms with van der Waals surface area (Å²) in [5.41, 5.74) is 14.4. The van der Waals surface area contributed by atoms with Crippen LogP contribution in [0.4, 0.5) is 10.1 Å². The van der Waals surface area contributed by atoms with Crippen LogP contribution in [0.25, 0.3) is 10.9 Å². The summed E-state index contributed by atoms with van der Waals surface area (Å²) in [4.78, 5) is 13.3. The van der Waals surface area contributed by atoms with Gasteiger partial charge >= 0.3 is 0 Å². The molecule has 1 aromatic heterocycles. The zero-order valence-corrected chi connectivity index (χ0v) is 20.5. The van der Waals surface area contributed by atoms with E-state index < -0.39 is 11.2 Å². The van der Waals surface area contributed by atoms with E-state index in [0.29, 0.717) is 42.8 Å². The van der Waals surface area contributed by atoms with Crippen molar-refractivity contribution in [3.8, 4) is 11.5 Å². The fourth-order valence-electron chi connectivity index (χ4n) is 4.79. The zero-order chi connectivity index (χ0) is 25.7. The number of carbonyl (C=O) groups is 1. The summed E-state index contributed by atoms with van der Waals surface area (Å²) < 4.78 is 28.2. The molecule has 4 N–H and O–H groups in total. The van der Waals surface area contributed by atoms with Gasteiger partial charge in [-0.2, -0.15) is 5.53 Å². The monoisotopic (exact) mass is 492 g/mol. The van der Waals surface area contributed by atoms with Crippen LogP contribution in [0.2, 0.25) is 0 Å². The SMILES string of the molecule is CC(C)(C)c1cc2cc(NC(=O)C3(c4ccc5c(c4)OCO5)CC3)c(F)cc2n1CCC(N)=NN=N. The number of nitrogens with one attached hydrogen (secondary N) is 2. The molecule has 10 heteroatoms. The highest BCUT2D eigenvalue weighted by Crippen LogP contribution is 2.51. The van der Waals surface area contributed by atoms with Gasteiger partial charge in [0.2, 0.25) is 12.7 Å². The van der Waals surface area contributed by atoms with Gasteiger partial charge in [-0.15, -0.1) is 5.10 Å². The van der Waals surface area contributed by atoms with E-state index in [1.54, 1.807) is 6.07 Å². The summed E-state index contributed by atoms with van der Waals surface area (Å²) in [6.07, 6.45) is 1.73. The summed E-state index contributed by atoms with van der Waals surface area (Å²) in [7, 11) is 0. The normalized spacial score (nSPS) is 16.3. The van der Waals surface area contributed by atoms with E-state index in [0.717, 1.165) is 16.6 Å². The van der Waals surface area contributed by atoms with Crippen molar-refractivity contribution in [2.75, 3.05) is 12.1 Å². The minimum Gasteiger partial charge on any atom is -0.454 e. The van der Waals surface area contributed by atoms with E-state index in [1.165, 1.54) is 6.07 Å². The molecule has 1 aliphatic carbocycles. The lowest BCUT2D eigenvalue weighted by molar-refractivity contribution is -0.118. The molecule has 0 bridgehead atoms. The third-order valence-corrected chi connectivity index (χ3v) is 6.89. The Balaban J connectivity index is 1.45. The van der Waals surface area contributed by atoms with Crippen LogP contribution in [0.5, 0.6) is 11.5 Å². The molecule has 1 fully saturated rings. The van der Waals surface area contributed by atoms with Crippen molar-refractivity contribution in [3.63, 3.8) is 0 Å². The second-order valence-corrected chi connectivity index (χ2v) is 10.4. The van der Waals surface area contributed by atoms with Gasteiger partial charge in [0.1, 0.15) is 11.7 Å². The molecule has 188 valence electrons. The summed E-state index contributed by atoms with van der Waals surface area (Å²) in [6, 6.07) is 10.7. The fourth-order valence-corrected chi connectivity index (χ4v) is 4.79. The smallest absolute Gasteiger partial charge is 0.235 e. The largest absolute Gasteiger partial charge is 0.454 e. The van der Waals surface area contributed by atoms with Gasteiger partial charge in [0.15, 0.2) is 11.5 Å². The van der Waals surface area contributed by atoms with Gasteiger partial charge in [-0.25, -0.2) is 4.39 Å². The first-order valence-corrected chi connectivity index (χ1v) is 11.9. The Morgan fingerprint density at radius 3 is 2.64 bits per heavy atom. The quantitative estimate of drug-likeness (QED) is 0.182. The molecule has 2 heterocycles. The van der Waals surface area contributed by atoms with Crippen molar-refractivity contribution in [2.24, 2.45) is 16.1 Å². The summed E-state index contributed by atoms with van der Waals surface area (Å²) >= 11 is 0. The van der Waals surface area contributed by atoms with E-state index in [1.807, 2.05) is 28.8 Å². The van der Waals surface area contributed by atoms with Crippen molar-refractivity contribution in [2.45, 2.75) is 57.4 Å². The number of nitrogens with two attached hydrogens (primary N) is 1. The first kappa shape index (κ1) is 23.8. The lowest BCUT2D eigenvalue weighted by atomic mass is 9.92. The molecule has 5 rings (SSSR count). The zero-order valence-electron chi connectivity index (χ0n) is 20.5. The van der Waals surface area contributed by atoms with Crippen LogP contribution in [0.15, 0.2) is 46.7 Å². The van der Waals surface area contributed by atoms with Crippen molar-refractivity contribution in [3.05, 3.63) is 53.5 Å². The lowest BCUT2D eigenvalue weighted by Gasteiger charge is -2.22. The molecule has 0 spiro atoms. The Bertz CT molecular complexity index is 1400. The number of rotatable bonds is 7. The Labute approximate surface area is 208 Å². The standard InChI is InChI=1S/C26H29FN6O3/c1-25(2,3)22-11-15-10-18(17(27)13-19(15)33(22)9-6-23(28)31-32-29)30-24(34)26(7-8-26)16-4-5-20-21(12-16)36-14-35-20/h4-5,10-13H,6-9,14H2,1-3H3,(H,30,34)(H3,28,29,31). The van der Waals surface area contributed by atoms with Gasteiger partial charge in [0, 0.05) is 35.5 Å². The molecule has 9 nitrogen and oxygen atoms in total. The number of carbonyl (C=O) groups excluding carboxylic acids is 1. The number of aryl methyl sites for hydroxylation is 1. The van der Waals surface area contributed by atoms with E-state index in [4.69, 9.17) is 20.7 Å². The number of hydrogen-bond donors (Lipinski definition) is 3. The summed E-state index contributed by atoms with van der Waals surface area (Å²) in [5, 5.41) is 10.2. The lowest BCUT2D eigenvalue weighted by Crippen LogP contribution is -2.28. The predicted molar refractivity (Wildman–Crippen MR) is 134 cm³/mol. The fraction of sp³-hybridized carbons (Fsp3) is 0.385. The van der Waals surface area contributed by atoms with Crippen LogP contribution in [-0.2, 0) is 22.2 Å². The highest BCUT2D eigenvalue weighted by molar-refractivity contribution is 6.03. The van der Waals surface area contributed by atoms with Crippen molar-refractivity contribution >= 4 is 28.3 Å². The number of fused-ring (bicyclic) bond motifs is 2. The van der Waals surface area contributed by atoms with Gasteiger partial charge in [0.25, 0.3) is 0 Å². The first-order chi connectivity index (χ1) is 17.1. The van der Waals surface area contributed by atoms with Gasteiger partial charge in [-0.05, 0) is 42.7 Å². The first-order valence-electron chi connectivity index (χ1n) is 11.9. The number of amides is 1. The Kier molecular flexibility index (Phi) is 5.69. The van der Waals surface area contributed by atoms with Crippen molar-refractivity contribution < 1.29 is 18.7 Å². The molecule has 2 aromatic carbocycles. The average Bonchev–Trinajstić information content (AvgIpc) is 3.37. The second-order valence-electron chi connectivity index (χ2n) is 10.4. The maximum atomic E-state index is 15.3. The van der Waals surface area contributed by atoms with Crippen LogP contribution < -0.4 is 20.5 Å². The average molecular weight is 493 g/mol. The maximum Gasteiger partial charge on any atom is 0.235 e. The molecule has 3 aromatic rings. The predicted octanol–water partition coefficient (Wildman–Crippen LogP) is 5.17. The second kappa shape index (κ2) is 8.61. The molecule has 36 heavy (non-hydrogen) atoms. The van der Waals surface area contributed by atoms with Crippen LogP contribution in [0.3, 0.4) is 0 Å². The van der Waals surface area contributed by atoms with Crippen molar-refractivity contribution in [1.82, 2.24) is 4.57 Å². The van der Waals surface area contributed by atoms with Crippen LogP contribution in [-0.4, -0.2) is 23.1 Å². The molecule has 0 unspecified atom stereocenters. The number of halogens is 1. The molecule has 1 saturated carbocycles. The minimum absolute atomic E-state index is 0.145. The highest BCUT2D eigenvalue weighted by Gasteiger charge is 2.52. The number of amidine groups is 1. The molecule has 2 aliphatic rings. The van der Waals surface area contributed by atoms with Crippen molar-refractivity contribution in [1.29, 1.82) is 5.53 Å². The summed E-state index contributed by atoms with van der Waals surface area (Å²) in [5.74, 6) is 0.762. The molecule has 1 aliphatic heterocycles. The number of hydrogen-bond acceptors (Lipinski definition) is 5. The minimum atomic E-state index is -0.704. The third kappa shape index (κ3) is 4.16. The number of aromatic nitrogens is 1. The third-order valence-electron chi connectivity index (χ3n) is 6.89. The molecular formula is C26H29FN6O3. The molecular weight excluding hydrogens is 463 g/mol. The van der Waals surface area contributed by atoms with Gasteiger partial charge in [-0.1, -0.05) is 32.1 Å². The van der Waals surface area contributed by atoms with Gasteiger partial charge in [0.05, 0.1) is 16.6 Å². The maximum absolute atomic E-state index is 15.3. The van der Waals surface area contributed by atoms with E-state index in [9.17, 15) is 4.79 Å². The molecule has 0 radical (unpaired) electrons. The van der Waals surface area contributed by atoms with E-state index >= 15 is 4.39 Å². The summed E-state index contributed by atoms with van der Waals surface area (Å²) in [6.45, 7) is 6.86.